The fourth-order valence-corrected chi connectivity index (χ4v) is 4.57. The van der Waals surface area contributed by atoms with Gasteiger partial charge in [-0.15, -0.1) is 0 Å². The normalized spacial score (nSPS) is 23.2. The number of carbonyl (C=O) groups is 1. The molecule has 8 heteroatoms. The number of amides is 1. The van der Waals surface area contributed by atoms with E-state index in [1.807, 2.05) is 0 Å². The number of β-amino-alcohol motifs (C(OH)–C–C–N with tert-alkyl or cyclic N) is 1. The topological polar surface area (TPSA) is 90.0 Å². The molecule has 2 aliphatic heterocycles. The van der Waals surface area contributed by atoms with Gasteiger partial charge in [0.1, 0.15) is 0 Å². The summed E-state index contributed by atoms with van der Waals surface area (Å²) in [6.07, 6.45) is 1.02. The van der Waals surface area contributed by atoms with Crippen LogP contribution >= 0.6 is 0 Å². The number of piperidine rings is 1. The maximum atomic E-state index is 12.6. The first kappa shape index (κ1) is 17.3. The van der Waals surface area contributed by atoms with Crippen molar-refractivity contribution in [3.05, 3.63) is 29.8 Å². The molecule has 1 aromatic rings. The first-order chi connectivity index (χ1) is 11.5. The van der Waals surface area contributed by atoms with Crippen molar-refractivity contribution >= 4 is 15.9 Å². The Morgan fingerprint density at radius 2 is 1.79 bits per heavy atom. The van der Waals surface area contributed by atoms with Crippen molar-refractivity contribution in [2.45, 2.75) is 23.8 Å². The summed E-state index contributed by atoms with van der Waals surface area (Å²) in [5, 5.41) is 12.8. The molecule has 0 spiro atoms. The molecule has 0 bridgehead atoms. The summed E-state index contributed by atoms with van der Waals surface area (Å²) in [6.45, 7) is 3.15. The van der Waals surface area contributed by atoms with E-state index in [1.165, 1.54) is 16.4 Å². The van der Waals surface area contributed by atoms with Crippen LogP contribution in [0.1, 0.15) is 23.2 Å². The van der Waals surface area contributed by atoms with Crippen molar-refractivity contribution in [2.75, 3.05) is 39.3 Å². The predicted molar refractivity (Wildman–Crippen MR) is 89.2 cm³/mol. The van der Waals surface area contributed by atoms with Gasteiger partial charge in [-0.3, -0.25) is 4.79 Å². The molecule has 0 aliphatic carbocycles. The standard InChI is InChI=1S/C16H23N3O4S/c20-14-2-1-9-18(12-14)16(21)13-3-5-15(6-4-13)24(22,23)19-10-7-17-8-11-19/h3-6,14,17,20H,1-2,7-12H2/t14-/m1/s1. The number of nitrogens with one attached hydrogen (secondary N) is 1. The fraction of sp³-hybridized carbons (Fsp3) is 0.562. The summed E-state index contributed by atoms with van der Waals surface area (Å²) in [7, 11) is -3.51. The van der Waals surface area contributed by atoms with Crippen LogP contribution in [0.5, 0.6) is 0 Å². The van der Waals surface area contributed by atoms with Gasteiger partial charge in [0.25, 0.3) is 5.91 Å². The highest BCUT2D eigenvalue weighted by Gasteiger charge is 2.27. The van der Waals surface area contributed by atoms with E-state index < -0.39 is 16.1 Å². The number of benzene rings is 1. The predicted octanol–water partition coefficient (Wildman–Crippen LogP) is -0.123. The molecule has 0 radical (unpaired) electrons. The SMILES string of the molecule is O=C(c1ccc(S(=O)(=O)N2CCNCC2)cc1)N1CCC[C@@H](O)C1. The smallest absolute Gasteiger partial charge is 0.253 e. The van der Waals surface area contributed by atoms with E-state index in [0.717, 1.165) is 6.42 Å². The Morgan fingerprint density at radius 1 is 1.12 bits per heavy atom. The van der Waals surface area contributed by atoms with Crippen molar-refractivity contribution < 1.29 is 18.3 Å². The Balaban J connectivity index is 1.74. The van der Waals surface area contributed by atoms with Gasteiger partial charge in [-0.2, -0.15) is 4.31 Å². The number of sulfonamides is 1. The highest BCUT2D eigenvalue weighted by atomic mass is 32.2. The van der Waals surface area contributed by atoms with E-state index in [0.29, 0.717) is 51.3 Å². The van der Waals surface area contributed by atoms with Gasteiger partial charge in [0.05, 0.1) is 11.0 Å². The first-order valence-electron chi connectivity index (χ1n) is 8.27. The zero-order valence-corrected chi connectivity index (χ0v) is 14.3. The van der Waals surface area contributed by atoms with Crippen molar-refractivity contribution in [3.8, 4) is 0 Å². The largest absolute Gasteiger partial charge is 0.391 e. The summed E-state index contributed by atoms with van der Waals surface area (Å²) in [4.78, 5) is 14.3. The number of piperazine rings is 1. The van der Waals surface area contributed by atoms with Crippen LogP contribution in [0, 0.1) is 0 Å². The van der Waals surface area contributed by atoms with E-state index in [-0.39, 0.29) is 10.8 Å². The van der Waals surface area contributed by atoms with E-state index in [9.17, 15) is 18.3 Å². The number of carbonyl (C=O) groups excluding carboxylic acids is 1. The van der Waals surface area contributed by atoms with Gasteiger partial charge in [0.15, 0.2) is 0 Å². The average molecular weight is 353 g/mol. The third kappa shape index (κ3) is 3.61. The van der Waals surface area contributed by atoms with Crippen molar-refractivity contribution in [1.29, 1.82) is 0 Å². The third-order valence-corrected chi connectivity index (χ3v) is 6.41. The molecule has 1 atom stereocenters. The van der Waals surface area contributed by atoms with Crippen LogP contribution in [-0.2, 0) is 10.0 Å². The second kappa shape index (κ2) is 7.18. The number of hydrogen-bond acceptors (Lipinski definition) is 5. The molecule has 2 saturated heterocycles. The molecular formula is C16H23N3O4S. The van der Waals surface area contributed by atoms with Gasteiger partial charge >= 0.3 is 0 Å². The lowest BCUT2D eigenvalue weighted by Gasteiger charge is -2.30. The van der Waals surface area contributed by atoms with Gasteiger partial charge in [-0.25, -0.2) is 8.42 Å². The third-order valence-electron chi connectivity index (χ3n) is 4.50. The van der Waals surface area contributed by atoms with E-state index >= 15 is 0 Å². The molecule has 2 N–H and O–H groups in total. The molecule has 0 aromatic heterocycles. The Labute approximate surface area is 142 Å². The maximum Gasteiger partial charge on any atom is 0.253 e. The summed E-state index contributed by atoms with van der Waals surface area (Å²) in [6, 6.07) is 6.09. The molecule has 3 rings (SSSR count). The van der Waals surface area contributed by atoms with Crippen LogP contribution in [-0.4, -0.2) is 74.0 Å². The summed E-state index contributed by atoms with van der Waals surface area (Å²) in [5.41, 5.74) is 0.448. The number of aliphatic hydroxyl groups is 1. The lowest BCUT2D eigenvalue weighted by Crippen LogP contribution is -2.46. The molecule has 7 nitrogen and oxygen atoms in total. The van der Waals surface area contributed by atoms with Crippen molar-refractivity contribution in [3.63, 3.8) is 0 Å². The van der Waals surface area contributed by atoms with Gasteiger partial charge in [-0.05, 0) is 37.1 Å². The lowest BCUT2D eigenvalue weighted by atomic mass is 10.1. The van der Waals surface area contributed by atoms with Gasteiger partial charge in [0, 0.05) is 44.8 Å². The second-order valence-electron chi connectivity index (χ2n) is 6.23. The zero-order chi connectivity index (χ0) is 17.2. The fourth-order valence-electron chi connectivity index (χ4n) is 3.13. The molecule has 2 aliphatic rings. The van der Waals surface area contributed by atoms with Crippen LogP contribution in [0.25, 0.3) is 0 Å². The van der Waals surface area contributed by atoms with Crippen LogP contribution in [0.4, 0.5) is 0 Å². The summed E-state index contributed by atoms with van der Waals surface area (Å²) < 4.78 is 26.6. The van der Waals surface area contributed by atoms with E-state index in [2.05, 4.69) is 5.32 Å². The molecule has 0 saturated carbocycles. The minimum atomic E-state index is -3.51. The minimum absolute atomic E-state index is 0.167. The molecule has 1 amide bonds. The Morgan fingerprint density at radius 3 is 2.42 bits per heavy atom. The van der Waals surface area contributed by atoms with Crippen LogP contribution < -0.4 is 5.32 Å². The molecule has 0 unspecified atom stereocenters. The Kier molecular flexibility index (Phi) is 5.19. The molecule has 132 valence electrons. The summed E-state index contributed by atoms with van der Waals surface area (Å²) >= 11 is 0. The number of rotatable bonds is 3. The molecule has 2 fully saturated rings. The molecule has 24 heavy (non-hydrogen) atoms. The first-order valence-corrected chi connectivity index (χ1v) is 9.71. The Bertz CT molecular complexity index is 684. The monoisotopic (exact) mass is 353 g/mol. The Hall–Kier alpha value is -1.48. The molecule has 1 aromatic carbocycles. The molecular weight excluding hydrogens is 330 g/mol. The highest BCUT2D eigenvalue weighted by molar-refractivity contribution is 7.89. The number of aliphatic hydroxyl groups excluding tert-OH is 1. The zero-order valence-electron chi connectivity index (χ0n) is 13.5. The van der Waals surface area contributed by atoms with Gasteiger partial charge < -0.3 is 15.3 Å². The van der Waals surface area contributed by atoms with Gasteiger partial charge in [0.2, 0.25) is 10.0 Å². The minimum Gasteiger partial charge on any atom is -0.391 e. The number of hydrogen-bond donors (Lipinski definition) is 2. The van der Waals surface area contributed by atoms with Crippen LogP contribution in [0.2, 0.25) is 0 Å². The highest BCUT2D eigenvalue weighted by Crippen LogP contribution is 2.19. The maximum absolute atomic E-state index is 12.6. The average Bonchev–Trinajstić information content (AvgIpc) is 2.62. The van der Waals surface area contributed by atoms with Crippen LogP contribution in [0.3, 0.4) is 0 Å². The summed E-state index contributed by atoms with van der Waals surface area (Å²) in [5.74, 6) is -0.167. The van der Waals surface area contributed by atoms with Crippen LogP contribution in [0.15, 0.2) is 29.2 Å². The lowest BCUT2D eigenvalue weighted by molar-refractivity contribution is 0.0473. The van der Waals surface area contributed by atoms with Crippen molar-refractivity contribution in [1.82, 2.24) is 14.5 Å². The molecule has 2 heterocycles. The van der Waals surface area contributed by atoms with Crippen molar-refractivity contribution in [2.24, 2.45) is 0 Å². The van der Waals surface area contributed by atoms with Gasteiger partial charge in [-0.1, -0.05) is 0 Å². The number of nitrogens with zero attached hydrogens (tertiary/aromatic N) is 2. The van der Waals surface area contributed by atoms with E-state index in [1.54, 1.807) is 17.0 Å². The quantitative estimate of drug-likeness (QED) is 0.791. The second-order valence-corrected chi connectivity index (χ2v) is 8.16. The number of likely N-dealkylation sites (tertiary alicyclic amines) is 1. The van der Waals surface area contributed by atoms with E-state index in [4.69, 9.17) is 0 Å².